The Kier molecular flexibility index (Phi) is 6.69. The molecule has 1 atom stereocenters. The maximum absolute atomic E-state index is 12.8. The number of hydrogen-bond acceptors (Lipinski definition) is 4. The van der Waals surface area contributed by atoms with E-state index in [9.17, 15) is 14.7 Å². The van der Waals surface area contributed by atoms with Crippen molar-refractivity contribution in [2.24, 2.45) is 5.92 Å². The van der Waals surface area contributed by atoms with E-state index in [1.54, 1.807) is 21.6 Å². The second-order valence-electron chi connectivity index (χ2n) is 6.37. The number of likely N-dealkylation sites (tertiary alicyclic amines) is 1. The highest BCUT2D eigenvalue weighted by Gasteiger charge is 2.37. The van der Waals surface area contributed by atoms with E-state index in [1.165, 1.54) is 4.90 Å². The average Bonchev–Trinajstić information content (AvgIpc) is 2.96. The largest absolute Gasteiger partial charge is 0.395 e. The number of carbonyl (C=O) groups is 2. The summed E-state index contributed by atoms with van der Waals surface area (Å²) in [4.78, 5) is 29.4. The van der Waals surface area contributed by atoms with Crippen LogP contribution in [0.3, 0.4) is 0 Å². The molecule has 0 aromatic heterocycles. The Morgan fingerprint density at radius 1 is 1.38 bits per heavy atom. The summed E-state index contributed by atoms with van der Waals surface area (Å²) in [6, 6.07) is 8.18. The molecule has 24 heavy (non-hydrogen) atoms. The van der Waals surface area contributed by atoms with Crippen molar-refractivity contribution in [1.29, 1.82) is 0 Å². The molecule has 0 saturated carbocycles. The summed E-state index contributed by atoms with van der Waals surface area (Å²) >= 11 is 1.67. The number of hydrogen-bond donors (Lipinski definition) is 1. The normalized spacial score (nSPS) is 17.6. The van der Waals surface area contributed by atoms with E-state index in [1.807, 2.05) is 44.4 Å². The molecule has 1 aliphatic heterocycles. The quantitative estimate of drug-likeness (QED) is 0.764. The Labute approximate surface area is 148 Å². The summed E-state index contributed by atoms with van der Waals surface area (Å²) in [7, 11) is 0. The molecule has 132 valence electrons. The molecule has 0 aliphatic carbocycles. The minimum absolute atomic E-state index is 0.0385. The number of aliphatic hydroxyl groups excluding tert-OH is 1. The third-order valence-corrected chi connectivity index (χ3v) is 5.09. The Bertz CT molecular complexity index is 574. The molecule has 1 saturated heterocycles. The van der Waals surface area contributed by atoms with Crippen molar-refractivity contribution >= 4 is 23.6 Å². The lowest BCUT2D eigenvalue weighted by atomic mass is 10.1. The van der Waals surface area contributed by atoms with E-state index >= 15 is 0 Å². The fourth-order valence-corrected chi connectivity index (χ4v) is 3.40. The van der Waals surface area contributed by atoms with Gasteiger partial charge in [-0.25, -0.2) is 0 Å². The van der Waals surface area contributed by atoms with Gasteiger partial charge in [-0.2, -0.15) is 0 Å². The molecule has 1 aromatic rings. The first-order valence-corrected chi connectivity index (χ1v) is 9.50. The fraction of sp³-hybridized carbons (Fsp3) is 0.556. The van der Waals surface area contributed by atoms with Crippen LogP contribution in [0.25, 0.3) is 0 Å². The average molecular weight is 350 g/mol. The molecule has 0 bridgehead atoms. The zero-order valence-electron chi connectivity index (χ0n) is 14.6. The van der Waals surface area contributed by atoms with Gasteiger partial charge in [-0.15, -0.1) is 11.8 Å². The topological polar surface area (TPSA) is 60.9 Å². The lowest BCUT2D eigenvalue weighted by molar-refractivity contribution is -0.137. The van der Waals surface area contributed by atoms with Crippen molar-refractivity contribution in [2.45, 2.75) is 37.8 Å². The second-order valence-corrected chi connectivity index (χ2v) is 7.25. The van der Waals surface area contributed by atoms with Crippen LogP contribution < -0.4 is 0 Å². The third kappa shape index (κ3) is 4.51. The van der Waals surface area contributed by atoms with Gasteiger partial charge >= 0.3 is 0 Å². The minimum atomic E-state index is -0.308. The predicted octanol–water partition coefficient (Wildman–Crippen LogP) is 1.99. The lowest BCUT2D eigenvalue weighted by Gasteiger charge is -2.26. The van der Waals surface area contributed by atoms with Crippen molar-refractivity contribution in [2.75, 3.05) is 26.0 Å². The molecule has 1 aromatic carbocycles. The van der Waals surface area contributed by atoms with Gasteiger partial charge in [0, 0.05) is 37.0 Å². The highest BCUT2D eigenvalue weighted by molar-refractivity contribution is 7.98. The van der Waals surface area contributed by atoms with Crippen LogP contribution in [0, 0.1) is 5.92 Å². The van der Waals surface area contributed by atoms with Crippen molar-refractivity contribution < 1.29 is 14.7 Å². The Morgan fingerprint density at radius 2 is 2.04 bits per heavy atom. The minimum Gasteiger partial charge on any atom is -0.395 e. The summed E-state index contributed by atoms with van der Waals surface area (Å²) < 4.78 is 0. The van der Waals surface area contributed by atoms with Gasteiger partial charge in [-0.05, 0) is 37.8 Å². The maximum Gasteiger partial charge on any atom is 0.228 e. The summed E-state index contributed by atoms with van der Waals surface area (Å²) in [6.45, 7) is 5.06. The Morgan fingerprint density at radius 3 is 2.54 bits per heavy atom. The fourth-order valence-electron chi connectivity index (χ4n) is 2.99. The SMILES string of the molecule is CSc1ccc(CN(CCO)C(=O)[C@@H]2CC(=O)N(C(C)C)C2)cc1. The molecule has 2 amide bonds. The van der Waals surface area contributed by atoms with Gasteiger partial charge in [0.2, 0.25) is 11.8 Å². The van der Waals surface area contributed by atoms with Gasteiger partial charge < -0.3 is 14.9 Å². The third-order valence-electron chi connectivity index (χ3n) is 4.35. The van der Waals surface area contributed by atoms with Gasteiger partial charge in [0.05, 0.1) is 12.5 Å². The molecule has 1 aliphatic rings. The zero-order chi connectivity index (χ0) is 17.7. The highest BCUT2D eigenvalue weighted by Crippen LogP contribution is 2.23. The van der Waals surface area contributed by atoms with Gasteiger partial charge in [0.25, 0.3) is 0 Å². The predicted molar refractivity (Wildman–Crippen MR) is 95.7 cm³/mol. The molecule has 6 heteroatoms. The second kappa shape index (κ2) is 8.53. The van der Waals surface area contributed by atoms with Crippen molar-refractivity contribution in [3.05, 3.63) is 29.8 Å². The summed E-state index contributed by atoms with van der Waals surface area (Å²) in [5.41, 5.74) is 1.03. The van der Waals surface area contributed by atoms with E-state index in [2.05, 4.69) is 0 Å². The number of carbonyl (C=O) groups excluding carboxylic acids is 2. The monoisotopic (exact) mass is 350 g/mol. The molecule has 1 fully saturated rings. The van der Waals surface area contributed by atoms with E-state index < -0.39 is 0 Å². The molecular formula is C18H26N2O3S. The number of aliphatic hydroxyl groups is 1. The van der Waals surface area contributed by atoms with Crippen LogP contribution in [0.5, 0.6) is 0 Å². The van der Waals surface area contributed by atoms with Crippen LogP contribution in [0.1, 0.15) is 25.8 Å². The number of rotatable bonds is 7. The summed E-state index contributed by atoms with van der Waals surface area (Å²) in [6.07, 6.45) is 2.29. The van der Waals surface area contributed by atoms with Crippen LogP contribution in [-0.2, 0) is 16.1 Å². The molecule has 0 spiro atoms. The summed E-state index contributed by atoms with van der Waals surface area (Å²) in [5, 5.41) is 9.31. The van der Waals surface area contributed by atoms with Gasteiger partial charge in [0.15, 0.2) is 0 Å². The van der Waals surface area contributed by atoms with E-state index in [0.29, 0.717) is 13.1 Å². The van der Waals surface area contributed by atoms with Gasteiger partial charge in [-0.1, -0.05) is 12.1 Å². The standard InChI is InChI=1S/C18H26N2O3S/c1-13(2)20-12-15(10-17(20)22)18(23)19(8-9-21)11-14-4-6-16(24-3)7-5-14/h4-7,13,15,21H,8-12H2,1-3H3/t15-/m1/s1. The number of amides is 2. The van der Waals surface area contributed by atoms with Crippen molar-refractivity contribution in [1.82, 2.24) is 9.80 Å². The highest BCUT2D eigenvalue weighted by atomic mass is 32.2. The van der Waals surface area contributed by atoms with E-state index in [-0.39, 0.29) is 43.3 Å². The molecule has 5 nitrogen and oxygen atoms in total. The molecule has 0 unspecified atom stereocenters. The van der Waals surface area contributed by atoms with E-state index in [4.69, 9.17) is 0 Å². The smallest absolute Gasteiger partial charge is 0.228 e. The molecule has 2 rings (SSSR count). The van der Waals surface area contributed by atoms with Gasteiger partial charge in [-0.3, -0.25) is 9.59 Å². The number of nitrogens with zero attached hydrogens (tertiary/aromatic N) is 2. The van der Waals surface area contributed by atoms with Crippen LogP contribution in [0.4, 0.5) is 0 Å². The van der Waals surface area contributed by atoms with Crippen molar-refractivity contribution in [3.8, 4) is 0 Å². The number of thioether (sulfide) groups is 1. The van der Waals surface area contributed by atoms with Crippen LogP contribution in [0.15, 0.2) is 29.2 Å². The Hall–Kier alpha value is -1.53. The van der Waals surface area contributed by atoms with Crippen LogP contribution in [0.2, 0.25) is 0 Å². The molecule has 0 radical (unpaired) electrons. The molecular weight excluding hydrogens is 324 g/mol. The molecule has 1 N–H and O–H groups in total. The first-order valence-electron chi connectivity index (χ1n) is 8.28. The van der Waals surface area contributed by atoms with Crippen LogP contribution >= 0.6 is 11.8 Å². The lowest BCUT2D eigenvalue weighted by Crippen LogP contribution is -2.39. The van der Waals surface area contributed by atoms with E-state index in [0.717, 1.165) is 5.56 Å². The first kappa shape index (κ1) is 18.8. The van der Waals surface area contributed by atoms with Gasteiger partial charge in [0.1, 0.15) is 0 Å². The summed E-state index contributed by atoms with van der Waals surface area (Å²) in [5.74, 6) is -0.317. The number of benzene rings is 1. The molecule has 1 heterocycles. The van der Waals surface area contributed by atoms with Crippen molar-refractivity contribution in [3.63, 3.8) is 0 Å². The Balaban J connectivity index is 2.06. The van der Waals surface area contributed by atoms with Crippen LogP contribution in [-0.4, -0.2) is 58.7 Å². The zero-order valence-corrected chi connectivity index (χ0v) is 15.4. The first-order chi connectivity index (χ1) is 11.5. The maximum atomic E-state index is 12.8.